The maximum Gasteiger partial charge on any atom is 0.306 e. The van der Waals surface area contributed by atoms with Crippen LogP contribution < -0.4 is 34.0 Å². The Bertz CT molecular complexity index is 695. The molecule has 0 aromatic rings. The number of halogens is 2. The largest absolute Gasteiger partial charge is 1.00 e. The number of piperidine rings is 2. The molecule has 45 heavy (non-hydrogen) atoms. The van der Waals surface area contributed by atoms with Gasteiger partial charge in [0, 0.05) is 32.1 Å². The van der Waals surface area contributed by atoms with E-state index in [4.69, 9.17) is 4.74 Å². The number of rotatable bonds is 21. The molecule has 0 bridgehead atoms. The van der Waals surface area contributed by atoms with Crippen molar-refractivity contribution in [3.8, 4) is 0 Å². The van der Waals surface area contributed by atoms with Crippen molar-refractivity contribution >= 4 is 5.97 Å². The fourth-order valence-electron chi connectivity index (χ4n) is 9.54. The molecule has 0 radical (unpaired) electrons. The predicted molar refractivity (Wildman–Crippen MR) is 182 cm³/mol. The van der Waals surface area contributed by atoms with E-state index in [0.717, 1.165) is 31.1 Å². The van der Waals surface area contributed by atoms with Gasteiger partial charge < -0.3 is 47.7 Å². The second-order valence-corrected chi connectivity index (χ2v) is 16.1. The van der Waals surface area contributed by atoms with Crippen LogP contribution in [-0.2, 0) is 9.53 Å². The lowest BCUT2D eigenvalue weighted by Crippen LogP contribution is -3.00. The van der Waals surface area contributed by atoms with Crippen LogP contribution in [0.25, 0.3) is 0 Å². The number of carbonyl (C=O) groups excluding carboxylic acids is 1. The van der Waals surface area contributed by atoms with E-state index >= 15 is 0 Å². The molecule has 0 unspecified atom stereocenters. The fourth-order valence-corrected chi connectivity index (χ4v) is 9.54. The molecule has 0 saturated carbocycles. The average Bonchev–Trinajstić information content (AvgIpc) is 3.67. The normalized spacial score (nSPS) is 23.1. The summed E-state index contributed by atoms with van der Waals surface area (Å²) in [5.74, 6) is 1.65. The van der Waals surface area contributed by atoms with Crippen LogP contribution in [0, 0.1) is 11.8 Å². The molecule has 4 rings (SSSR count). The molecule has 0 aliphatic carbocycles. The lowest BCUT2D eigenvalue weighted by atomic mass is 9.84. The van der Waals surface area contributed by atoms with Crippen molar-refractivity contribution in [1.29, 1.82) is 0 Å². The first-order valence-electron chi connectivity index (χ1n) is 20.0. The minimum Gasteiger partial charge on any atom is -1.00 e. The monoisotopic (exact) mass is 760 g/mol. The molecule has 0 aromatic carbocycles. The summed E-state index contributed by atoms with van der Waals surface area (Å²) >= 11 is 0. The van der Waals surface area contributed by atoms with Crippen LogP contribution in [-0.4, -0.2) is 73.4 Å². The second kappa shape index (κ2) is 23.7. The quantitative estimate of drug-likeness (QED) is 0.101. The number of ether oxygens (including phenoxy) is 1. The van der Waals surface area contributed by atoms with Gasteiger partial charge in [-0.05, 0) is 56.8 Å². The number of carbonyl (C=O) groups is 1. The van der Waals surface area contributed by atoms with Gasteiger partial charge in [-0.1, -0.05) is 96.8 Å². The standard InChI is InChI=1S/C39H74N2O2.2BrH/c1-2-3-4-5-6-7-8-9-10-11-12-13-14-15-16-21-39(42)43-38(34-36-22-30-40(31-23-36)26-17-18-27-40)35-37-24-32-41(33-25-37)28-19-20-29-41;;/h36-38H,2-35H2,1H3;2*1H/q+2;;/p-2. The highest BCUT2D eigenvalue weighted by Gasteiger charge is 2.39. The van der Waals surface area contributed by atoms with Crippen LogP contribution in [0.3, 0.4) is 0 Å². The van der Waals surface area contributed by atoms with Gasteiger partial charge in [-0.2, -0.15) is 0 Å². The zero-order valence-electron chi connectivity index (χ0n) is 29.7. The smallest absolute Gasteiger partial charge is 0.306 e. The molecule has 266 valence electrons. The maximum atomic E-state index is 13.1. The third kappa shape index (κ3) is 15.6. The summed E-state index contributed by atoms with van der Waals surface area (Å²) in [6, 6.07) is 0. The summed E-state index contributed by atoms with van der Waals surface area (Å²) in [7, 11) is 0. The number of esters is 1. The molecular formula is C39H74Br2N2O2. The number of hydrogen-bond acceptors (Lipinski definition) is 2. The molecule has 0 atom stereocenters. The van der Waals surface area contributed by atoms with Crippen LogP contribution >= 0.6 is 0 Å². The Labute approximate surface area is 301 Å². The molecule has 4 fully saturated rings. The van der Waals surface area contributed by atoms with E-state index in [1.807, 2.05) is 0 Å². The van der Waals surface area contributed by atoms with E-state index in [-0.39, 0.29) is 46.0 Å². The molecule has 4 saturated heterocycles. The van der Waals surface area contributed by atoms with E-state index in [1.165, 1.54) is 203 Å². The minimum atomic E-state index is 0. The van der Waals surface area contributed by atoms with E-state index in [9.17, 15) is 4.79 Å². The van der Waals surface area contributed by atoms with Crippen LogP contribution in [0.1, 0.15) is 174 Å². The van der Waals surface area contributed by atoms with Gasteiger partial charge in [0.1, 0.15) is 6.10 Å². The molecule has 0 N–H and O–H groups in total. The zero-order valence-corrected chi connectivity index (χ0v) is 32.9. The summed E-state index contributed by atoms with van der Waals surface area (Å²) in [6.07, 6.45) is 34.8. The lowest BCUT2D eigenvalue weighted by molar-refractivity contribution is -0.922. The van der Waals surface area contributed by atoms with Gasteiger partial charge in [0.25, 0.3) is 0 Å². The van der Waals surface area contributed by atoms with Crippen LogP contribution in [0.2, 0.25) is 0 Å². The molecule has 0 aromatic heterocycles. The zero-order chi connectivity index (χ0) is 30.1. The molecule has 4 nitrogen and oxygen atoms in total. The molecule has 4 aliphatic rings. The Morgan fingerprint density at radius 3 is 1.22 bits per heavy atom. The number of nitrogens with zero attached hydrogens (tertiary/aromatic N) is 2. The first kappa shape index (κ1) is 41.5. The van der Waals surface area contributed by atoms with Gasteiger partial charge >= 0.3 is 5.97 Å². The summed E-state index contributed by atoms with van der Waals surface area (Å²) in [5.41, 5.74) is 0. The highest BCUT2D eigenvalue weighted by Crippen LogP contribution is 2.35. The second-order valence-electron chi connectivity index (χ2n) is 16.1. The fraction of sp³-hybridized carbons (Fsp3) is 0.974. The summed E-state index contributed by atoms with van der Waals surface area (Å²) in [4.78, 5) is 13.1. The molecule has 6 heteroatoms. The third-order valence-electron chi connectivity index (χ3n) is 12.6. The Balaban J connectivity index is 0.00000353. The van der Waals surface area contributed by atoms with Crippen molar-refractivity contribution in [2.24, 2.45) is 11.8 Å². The van der Waals surface area contributed by atoms with Crippen LogP contribution in [0.4, 0.5) is 0 Å². The van der Waals surface area contributed by atoms with Crippen molar-refractivity contribution in [3.05, 3.63) is 0 Å². The highest BCUT2D eigenvalue weighted by molar-refractivity contribution is 5.69. The minimum absolute atomic E-state index is 0. The van der Waals surface area contributed by atoms with Crippen LogP contribution in [0.5, 0.6) is 0 Å². The van der Waals surface area contributed by atoms with Gasteiger partial charge in [-0.3, -0.25) is 4.79 Å². The first-order valence-corrected chi connectivity index (χ1v) is 20.0. The maximum absolute atomic E-state index is 13.1. The molecule has 4 aliphatic heterocycles. The Morgan fingerprint density at radius 2 is 0.867 bits per heavy atom. The molecule has 2 spiro atoms. The SMILES string of the molecule is CCCCCCCCCCCCCCCCCC(=O)OC(CC1CC[N+]2(CCCC2)CC1)CC1CC[N+]2(CCCC2)CC1.[Br-].[Br-]. The first-order chi connectivity index (χ1) is 21.1. The van der Waals surface area contributed by atoms with Crippen molar-refractivity contribution in [2.45, 2.75) is 180 Å². The molecule has 4 heterocycles. The Hall–Kier alpha value is 0.350. The van der Waals surface area contributed by atoms with E-state index < -0.39 is 0 Å². The van der Waals surface area contributed by atoms with E-state index in [0.29, 0.717) is 6.42 Å². The number of hydrogen-bond donors (Lipinski definition) is 0. The van der Waals surface area contributed by atoms with E-state index in [2.05, 4.69) is 6.92 Å². The van der Waals surface area contributed by atoms with Crippen molar-refractivity contribution in [3.63, 3.8) is 0 Å². The van der Waals surface area contributed by atoms with Crippen molar-refractivity contribution < 1.29 is 52.5 Å². The van der Waals surface area contributed by atoms with Crippen molar-refractivity contribution in [2.75, 3.05) is 52.4 Å². The Morgan fingerprint density at radius 1 is 0.533 bits per heavy atom. The number of unbranched alkanes of at least 4 members (excludes halogenated alkanes) is 14. The lowest BCUT2D eigenvalue weighted by Gasteiger charge is -2.42. The molecule has 0 amide bonds. The van der Waals surface area contributed by atoms with Gasteiger partial charge in [0.05, 0.1) is 52.4 Å². The van der Waals surface area contributed by atoms with Crippen molar-refractivity contribution in [1.82, 2.24) is 0 Å². The third-order valence-corrected chi connectivity index (χ3v) is 12.6. The molecular weight excluding hydrogens is 688 g/mol. The highest BCUT2D eigenvalue weighted by atomic mass is 79.9. The van der Waals surface area contributed by atoms with E-state index in [1.54, 1.807) is 0 Å². The average molecular weight is 763 g/mol. The summed E-state index contributed by atoms with van der Waals surface area (Å²) in [6.45, 7) is 13.5. The van der Waals surface area contributed by atoms with Crippen LogP contribution in [0.15, 0.2) is 0 Å². The Kier molecular flexibility index (Phi) is 21.8. The van der Waals surface area contributed by atoms with Gasteiger partial charge in [-0.15, -0.1) is 0 Å². The van der Waals surface area contributed by atoms with Gasteiger partial charge in [-0.25, -0.2) is 0 Å². The topological polar surface area (TPSA) is 26.3 Å². The summed E-state index contributed by atoms with van der Waals surface area (Å²) < 4.78 is 9.17. The van der Waals surface area contributed by atoms with Gasteiger partial charge in [0.2, 0.25) is 0 Å². The number of quaternary nitrogens is 2. The van der Waals surface area contributed by atoms with Gasteiger partial charge in [0.15, 0.2) is 0 Å². The summed E-state index contributed by atoms with van der Waals surface area (Å²) in [5, 5.41) is 0. The predicted octanol–water partition coefficient (Wildman–Crippen LogP) is 3.99.